The number of aromatic nitrogens is 1. The molecule has 2 aromatic rings. The van der Waals surface area contributed by atoms with E-state index < -0.39 is 11.4 Å². The molecule has 3 N–H and O–H groups in total. The number of hydrogen-bond donors (Lipinski definition) is 2. The minimum atomic E-state index is -0.551. The van der Waals surface area contributed by atoms with Gasteiger partial charge in [0.2, 0.25) is 0 Å². The van der Waals surface area contributed by atoms with E-state index in [2.05, 4.69) is 5.16 Å². The Kier molecular flexibility index (Phi) is 4.05. The summed E-state index contributed by atoms with van der Waals surface area (Å²) in [7, 11) is 0. The van der Waals surface area contributed by atoms with E-state index in [0.717, 1.165) is 0 Å². The molecule has 104 valence electrons. The van der Waals surface area contributed by atoms with Gasteiger partial charge in [0.25, 0.3) is 5.56 Å². The van der Waals surface area contributed by atoms with Crippen molar-refractivity contribution >= 4 is 17.4 Å². The number of nitrogens with zero attached hydrogens (tertiary/aromatic N) is 2. The molecule has 1 aromatic heterocycles. The predicted octanol–water partition coefficient (Wildman–Crippen LogP) is 1.78. The van der Waals surface area contributed by atoms with Crippen LogP contribution >= 0.6 is 11.6 Å². The average Bonchev–Trinajstić information content (AvgIpc) is 2.44. The Morgan fingerprint density at radius 1 is 1.45 bits per heavy atom. The number of amidine groups is 1. The quantitative estimate of drug-likeness (QED) is 0.392. The molecule has 0 radical (unpaired) electrons. The van der Waals surface area contributed by atoms with E-state index in [4.69, 9.17) is 22.5 Å². The lowest BCUT2D eigenvalue weighted by molar-refractivity contribution is 0.318. The topological polar surface area (TPSA) is 80.6 Å². The van der Waals surface area contributed by atoms with Crippen molar-refractivity contribution in [2.24, 2.45) is 10.9 Å². The van der Waals surface area contributed by atoms with E-state index in [9.17, 15) is 9.18 Å². The highest BCUT2D eigenvalue weighted by molar-refractivity contribution is 6.30. The van der Waals surface area contributed by atoms with Gasteiger partial charge in [-0.15, -0.1) is 0 Å². The maximum atomic E-state index is 13.4. The molecule has 7 heteroatoms. The third-order valence-electron chi connectivity index (χ3n) is 2.74. The third-order valence-corrected chi connectivity index (χ3v) is 3.05. The molecule has 0 bridgehead atoms. The first-order chi connectivity index (χ1) is 9.52. The second-order valence-corrected chi connectivity index (χ2v) is 4.50. The lowest BCUT2D eigenvalue weighted by Crippen LogP contribution is -2.29. The smallest absolute Gasteiger partial charge is 0.261 e. The number of benzene rings is 1. The van der Waals surface area contributed by atoms with Crippen LogP contribution in [-0.4, -0.2) is 15.6 Å². The van der Waals surface area contributed by atoms with Crippen LogP contribution in [0.5, 0.6) is 0 Å². The van der Waals surface area contributed by atoms with Crippen molar-refractivity contribution in [3.8, 4) is 0 Å². The standard InChI is InChI=1S/C13H11ClFN3O2/c14-10-4-3-8(6-11(10)15)7-18-5-1-2-9(13(18)19)12(16)17-20/h1-6,20H,7H2,(H2,16,17). The van der Waals surface area contributed by atoms with Crippen LogP contribution in [0.25, 0.3) is 0 Å². The van der Waals surface area contributed by atoms with Crippen LogP contribution in [0.4, 0.5) is 4.39 Å². The molecule has 0 saturated heterocycles. The summed E-state index contributed by atoms with van der Waals surface area (Å²) in [5, 5.41) is 11.4. The second kappa shape index (κ2) is 5.75. The Hall–Kier alpha value is -2.34. The van der Waals surface area contributed by atoms with Crippen molar-refractivity contribution in [3.05, 3.63) is 68.8 Å². The van der Waals surface area contributed by atoms with Gasteiger partial charge in [-0.05, 0) is 29.8 Å². The number of hydrogen-bond acceptors (Lipinski definition) is 3. The molecule has 0 unspecified atom stereocenters. The molecule has 0 atom stereocenters. The fourth-order valence-corrected chi connectivity index (χ4v) is 1.86. The van der Waals surface area contributed by atoms with Crippen LogP contribution in [0.2, 0.25) is 5.02 Å². The van der Waals surface area contributed by atoms with Crippen molar-refractivity contribution in [1.82, 2.24) is 4.57 Å². The summed E-state index contributed by atoms with van der Waals surface area (Å²) in [6.45, 7) is 0.152. The van der Waals surface area contributed by atoms with Gasteiger partial charge in [-0.1, -0.05) is 22.8 Å². The summed E-state index contributed by atoms with van der Waals surface area (Å²) in [5.74, 6) is -0.823. The van der Waals surface area contributed by atoms with Crippen molar-refractivity contribution in [1.29, 1.82) is 0 Å². The minimum Gasteiger partial charge on any atom is -0.409 e. The summed E-state index contributed by atoms with van der Waals surface area (Å²) in [6, 6.07) is 7.32. The third kappa shape index (κ3) is 2.80. The van der Waals surface area contributed by atoms with Gasteiger partial charge in [-0.3, -0.25) is 4.79 Å². The normalized spacial score (nSPS) is 11.6. The largest absolute Gasteiger partial charge is 0.409 e. The molecule has 0 saturated carbocycles. The molecule has 0 aliphatic heterocycles. The first kappa shape index (κ1) is 14.1. The van der Waals surface area contributed by atoms with Gasteiger partial charge in [0, 0.05) is 6.20 Å². The molecule has 20 heavy (non-hydrogen) atoms. The molecule has 1 heterocycles. The summed E-state index contributed by atoms with van der Waals surface area (Å²) in [6.07, 6.45) is 1.53. The Bertz CT molecular complexity index is 728. The van der Waals surface area contributed by atoms with E-state index in [-0.39, 0.29) is 23.0 Å². The van der Waals surface area contributed by atoms with Gasteiger partial charge in [-0.2, -0.15) is 0 Å². The molecule has 0 amide bonds. The number of rotatable bonds is 3. The highest BCUT2D eigenvalue weighted by Gasteiger charge is 2.08. The molecule has 5 nitrogen and oxygen atoms in total. The molecule has 0 fully saturated rings. The number of halogens is 2. The van der Waals surface area contributed by atoms with Crippen LogP contribution in [0.3, 0.4) is 0 Å². The van der Waals surface area contributed by atoms with Gasteiger partial charge < -0.3 is 15.5 Å². The van der Waals surface area contributed by atoms with Gasteiger partial charge in [-0.25, -0.2) is 4.39 Å². The average molecular weight is 296 g/mol. The fraction of sp³-hybridized carbons (Fsp3) is 0.0769. The first-order valence-electron chi connectivity index (χ1n) is 5.64. The molecule has 0 aliphatic carbocycles. The van der Waals surface area contributed by atoms with E-state index >= 15 is 0 Å². The molecular weight excluding hydrogens is 285 g/mol. The van der Waals surface area contributed by atoms with Crippen molar-refractivity contribution in [3.63, 3.8) is 0 Å². The predicted molar refractivity (Wildman–Crippen MR) is 73.7 cm³/mol. The number of nitrogens with two attached hydrogens (primary N) is 1. The highest BCUT2D eigenvalue weighted by atomic mass is 35.5. The molecule has 0 aliphatic rings. The van der Waals surface area contributed by atoms with Gasteiger partial charge >= 0.3 is 0 Å². The molecule has 1 aromatic carbocycles. The Labute approximate surface area is 118 Å². The molecule has 0 spiro atoms. The van der Waals surface area contributed by atoms with E-state index in [0.29, 0.717) is 5.56 Å². The van der Waals surface area contributed by atoms with E-state index in [1.54, 1.807) is 12.1 Å². The lowest BCUT2D eigenvalue weighted by Gasteiger charge is -2.08. The fourth-order valence-electron chi connectivity index (χ4n) is 1.74. The minimum absolute atomic E-state index is 0.0199. The molecule has 2 rings (SSSR count). The van der Waals surface area contributed by atoms with Crippen LogP contribution in [0.1, 0.15) is 11.1 Å². The highest BCUT2D eigenvalue weighted by Crippen LogP contribution is 2.15. The zero-order valence-corrected chi connectivity index (χ0v) is 11.0. The Balaban J connectivity index is 2.39. The Morgan fingerprint density at radius 2 is 2.20 bits per heavy atom. The monoisotopic (exact) mass is 295 g/mol. The van der Waals surface area contributed by atoms with Crippen molar-refractivity contribution in [2.45, 2.75) is 6.54 Å². The van der Waals surface area contributed by atoms with Gasteiger partial charge in [0.15, 0.2) is 5.84 Å². The summed E-state index contributed by atoms with van der Waals surface area (Å²) >= 11 is 5.60. The zero-order chi connectivity index (χ0) is 14.7. The second-order valence-electron chi connectivity index (χ2n) is 4.09. The molecular formula is C13H11ClFN3O2. The van der Waals surface area contributed by atoms with E-state index in [1.807, 2.05) is 0 Å². The number of oxime groups is 1. The maximum Gasteiger partial charge on any atom is 0.261 e. The first-order valence-corrected chi connectivity index (χ1v) is 6.02. The SMILES string of the molecule is N/C(=N/O)c1cccn(Cc2ccc(Cl)c(F)c2)c1=O. The van der Waals surface area contributed by atoms with Crippen LogP contribution in [-0.2, 0) is 6.54 Å². The van der Waals surface area contributed by atoms with Crippen molar-refractivity contribution < 1.29 is 9.60 Å². The summed E-state index contributed by atoms with van der Waals surface area (Å²) in [4.78, 5) is 12.1. The zero-order valence-electron chi connectivity index (χ0n) is 10.3. The lowest BCUT2D eigenvalue weighted by atomic mass is 10.2. The van der Waals surface area contributed by atoms with Gasteiger partial charge in [0.05, 0.1) is 17.1 Å². The van der Waals surface area contributed by atoms with Gasteiger partial charge in [0.1, 0.15) is 5.82 Å². The van der Waals surface area contributed by atoms with E-state index in [1.165, 1.54) is 29.0 Å². The van der Waals surface area contributed by atoms with Crippen molar-refractivity contribution in [2.75, 3.05) is 0 Å². The van der Waals surface area contributed by atoms with Crippen LogP contribution in [0.15, 0.2) is 46.5 Å². The van der Waals surface area contributed by atoms with Crippen LogP contribution < -0.4 is 11.3 Å². The van der Waals surface area contributed by atoms with Crippen LogP contribution in [0, 0.1) is 5.82 Å². The maximum absolute atomic E-state index is 13.4. The summed E-state index contributed by atoms with van der Waals surface area (Å²) < 4.78 is 14.7. The Morgan fingerprint density at radius 3 is 2.85 bits per heavy atom. The number of pyridine rings is 1. The summed E-state index contributed by atoms with van der Waals surface area (Å²) in [5.41, 5.74) is 5.63.